The number of nitrogens with zero attached hydrogens (tertiary/aromatic N) is 2. The zero-order valence-corrected chi connectivity index (χ0v) is 14.4. The van der Waals surface area contributed by atoms with Crippen molar-refractivity contribution < 1.29 is 27.8 Å². The molecule has 0 aromatic carbocycles. The molecular weight excluding hydrogens is 387 g/mol. The van der Waals surface area contributed by atoms with Crippen molar-refractivity contribution in [3.05, 3.63) is 47.4 Å². The molecule has 1 atom stereocenters. The second-order valence-corrected chi connectivity index (χ2v) is 6.06. The van der Waals surface area contributed by atoms with E-state index in [1.165, 1.54) is 6.20 Å². The summed E-state index contributed by atoms with van der Waals surface area (Å²) in [6.45, 7) is 0.189. The third-order valence-corrected chi connectivity index (χ3v) is 3.94. The minimum Gasteiger partial charge on any atom is -0.387 e. The lowest BCUT2D eigenvalue weighted by molar-refractivity contribution is -0.364. The van der Waals surface area contributed by atoms with Crippen molar-refractivity contribution in [1.82, 2.24) is 4.98 Å². The number of aromatic nitrogens is 2. The van der Waals surface area contributed by atoms with Crippen LogP contribution in [0.3, 0.4) is 0 Å². The molecule has 3 N–H and O–H groups in total. The van der Waals surface area contributed by atoms with Gasteiger partial charge >= 0.3 is 6.18 Å². The molecule has 11 heteroatoms. The Hall–Kier alpha value is -2.88. The Kier molecular flexibility index (Phi) is 5.45. The number of halogens is 4. The van der Waals surface area contributed by atoms with E-state index in [9.17, 15) is 18.0 Å². The van der Waals surface area contributed by atoms with Gasteiger partial charge in [0, 0.05) is 12.6 Å². The predicted octanol–water partition coefficient (Wildman–Crippen LogP) is 2.76. The first-order valence-corrected chi connectivity index (χ1v) is 8.17. The molecule has 0 saturated carbocycles. The lowest BCUT2D eigenvalue weighted by atomic mass is 10.1. The highest BCUT2D eigenvalue weighted by atomic mass is 35.5. The predicted molar refractivity (Wildman–Crippen MR) is 91.3 cm³/mol. The van der Waals surface area contributed by atoms with Crippen molar-refractivity contribution in [3.8, 4) is 0 Å². The summed E-state index contributed by atoms with van der Waals surface area (Å²) in [5.41, 5.74) is -0.154. The van der Waals surface area contributed by atoms with Crippen LogP contribution in [0.15, 0.2) is 41.9 Å². The van der Waals surface area contributed by atoms with E-state index in [2.05, 4.69) is 25.8 Å². The van der Waals surface area contributed by atoms with Crippen molar-refractivity contribution in [2.45, 2.75) is 18.7 Å². The van der Waals surface area contributed by atoms with Gasteiger partial charge in [0.1, 0.15) is 23.5 Å². The average molecular weight is 401 g/mol. The van der Waals surface area contributed by atoms with Gasteiger partial charge in [0.15, 0.2) is 6.10 Å². The largest absolute Gasteiger partial charge is 0.419 e. The van der Waals surface area contributed by atoms with Crippen LogP contribution >= 0.6 is 11.6 Å². The molecule has 142 valence electrons. The highest BCUT2D eigenvalue weighted by Crippen LogP contribution is 2.31. The Labute approximate surface area is 156 Å². The molecule has 7 nitrogen and oxygen atoms in total. The summed E-state index contributed by atoms with van der Waals surface area (Å²) >= 11 is 5.86. The standard InChI is InChI=1S/C16H13ClF3N5O2/c17-12-4-9(16(18,19)20)6-22-14(12)23-8-11-5-13(25-27-11)15(26)24-10-2-1-3-21-7-10/h1-4,6-7,11H,5,8H2,(H,22,23)(H,24,26)/p+1/t11-/m1/s1. The van der Waals surface area contributed by atoms with Crippen LogP contribution in [0.2, 0.25) is 5.02 Å². The fourth-order valence-electron chi connectivity index (χ4n) is 2.30. The number of rotatable bonds is 5. The normalized spacial score (nSPS) is 16.4. The number of alkyl halides is 3. The van der Waals surface area contributed by atoms with Gasteiger partial charge in [-0.2, -0.15) is 13.2 Å². The minimum absolute atomic E-state index is 0.113. The molecule has 1 aliphatic heterocycles. The summed E-state index contributed by atoms with van der Waals surface area (Å²) in [6.07, 6.45) is -0.833. The summed E-state index contributed by atoms with van der Waals surface area (Å²) < 4.78 is 37.9. The van der Waals surface area contributed by atoms with E-state index >= 15 is 0 Å². The molecule has 2 aromatic heterocycles. The fraction of sp³-hybridized carbons (Fsp3) is 0.250. The molecule has 27 heavy (non-hydrogen) atoms. The number of H-pyrrole nitrogens is 1. The Morgan fingerprint density at radius 3 is 2.93 bits per heavy atom. The summed E-state index contributed by atoms with van der Waals surface area (Å²) in [5.74, 6) is -0.203. The van der Waals surface area contributed by atoms with Gasteiger partial charge in [-0.05, 0) is 18.2 Å². The lowest BCUT2D eigenvalue weighted by Gasteiger charge is -2.08. The van der Waals surface area contributed by atoms with Gasteiger partial charge < -0.3 is 10.2 Å². The van der Waals surface area contributed by atoms with E-state index in [1.54, 1.807) is 18.3 Å². The molecule has 1 aliphatic rings. The van der Waals surface area contributed by atoms with Gasteiger partial charge in [-0.15, -0.1) is 0 Å². The van der Waals surface area contributed by atoms with Crippen LogP contribution in [0.25, 0.3) is 0 Å². The molecule has 3 rings (SSSR count). The summed E-state index contributed by atoms with van der Waals surface area (Å²) in [5, 5.41) is 9.12. The fourth-order valence-corrected chi connectivity index (χ4v) is 2.54. The molecule has 0 spiro atoms. The van der Waals surface area contributed by atoms with Crippen LogP contribution in [-0.2, 0) is 15.8 Å². The van der Waals surface area contributed by atoms with Gasteiger partial charge in [-0.25, -0.2) is 4.98 Å². The average Bonchev–Trinajstić information content (AvgIpc) is 3.10. The number of hydrogen-bond donors (Lipinski definition) is 2. The van der Waals surface area contributed by atoms with E-state index in [0.29, 0.717) is 5.69 Å². The van der Waals surface area contributed by atoms with Crippen LogP contribution in [0.1, 0.15) is 12.0 Å². The first-order valence-electron chi connectivity index (χ1n) is 7.79. The summed E-state index contributed by atoms with van der Waals surface area (Å²) in [4.78, 5) is 23.6. The monoisotopic (exact) mass is 400 g/mol. The summed E-state index contributed by atoms with van der Waals surface area (Å²) in [7, 11) is 0. The molecule has 0 radical (unpaired) electrons. The number of oxime groups is 1. The Morgan fingerprint density at radius 1 is 1.44 bits per heavy atom. The maximum atomic E-state index is 12.6. The van der Waals surface area contributed by atoms with Crippen molar-refractivity contribution in [3.63, 3.8) is 0 Å². The van der Waals surface area contributed by atoms with Crippen molar-refractivity contribution in [1.29, 1.82) is 0 Å². The lowest BCUT2D eigenvalue weighted by Crippen LogP contribution is -2.27. The first kappa shape index (κ1) is 18.9. The number of carbonyl (C=O) groups is 1. The topological polar surface area (TPSA) is 89.8 Å². The highest BCUT2D eigenvalue weighted by Gasteiger charge is 2.33. The molecular formula is C16H14ClF3N5O2+. The van der Waals surface area contributed by atoms with Crippen molar-refractivity contribution in [2.75, 3.05) is 17.2 Å². The van der Waals surface area contributed by atoms with E-state index in [0.717, 1.165) is 12.3 Å². The third-order valence-electron chi connectivity index (χ3n) is 3.64. The number of hydrogen-bond acceptors (Lipinski definition) is 5. The van der Waals surface area contributed by atoms with Gasteiger partial charge in [-0.3, -0.25) is 15.1 Å². The van der Waals surface area contributed by atoms with Gasteiger partial charge in [0.25, 0.3) is 11.7 Å². The van der Waals surface area contributed by atoms with E-state index in [1.807, 2.05) is 0 Å². The third kappa shape index (κ3) is 4.85. The van der Waals surface area contributed by atoms with Crippen molar-refractivity contribution >= 4 is 34.7 Å². The van der Waals surface area contributed by atoms with Crippen LogP contribution in [0, 0.1) is 0 Å². The molecule has 3 heterocycles. The van der Waals surface area contributed by atoms with E-state index < -0.39 is 23.8 Å². The minimum atomic E-state index is -4.49. The van der Waals surface area contributed by atoms with Crippen LogP contribution in [0.5, 0.6) is 0 Å². The van der Waals surface area contributed by atoms with Gasteiger partial charge in [-0.1, -0.05) is 16.8 Å². The molecule has 2 aromatic rings. The number of amides is 1. The maximum absolute atomic E-state index is 12.6. The van der Waals surface area contributed by atoms with Gasteiger partial charge in [0.05, 0.1) is 17.4 Å². The molecule has 0 unspecified atom stereocenters. The quantitative estimate of drug-likeness (QED) is 0.807. The zero-order chi connectivity index (χ0) is 19.4. The Bertz CT molecular complexity index is 861. The van der Waals surface area contributed by atoms with E-state index in [4.69, 9.17) is 16.4 Å². The number of nitrogens with one attached hydrogen (secondary N) is 3. The second kappa shape index (κ2) is 7.78. The number of pyridine rings is 2. The Morgan fingerprint density at radius 2 is 2.26 bits per heavy atom. The number of anilines is 2. The SMILES string of the molecule is O=C(Nc1cccnc1)C1=NO[C@@H](CNc2[nH+]cc(C(F)(F)F)cc2Cl)C1. The maximum Gasteiger partial charge on any atom is 0.419 e. The van der Waals surface area contributed by atoms with Crippen LogP contribution < -0.4 is 15.6 Å². The highest BCUT2D eigenvalue weighted by molar-refractivity contribution is 6.43. The first-order chi connectivity index (χ1) is 12.8. The number of carbonyl (C=O) groups excluding carboxylic acids is 1. The molecule has 0 fully saturated rings. The van der Waals surface area contributed by atoms with Gasteiger partial charge in [0.2, 0.25) is 0 Å². The van der Waals surface area contributed by atoms with Crippen molar-refractivity contribution in [2.24, 2.45) is 5.16 Å². The molecule has 0 saturated heterocycles. The Balaban J connectivity index is 1.52. The smallest absolute Gasteiger partial charge is 0.387 e. The second-order valence-electron chi connectivity index (χ2n) is 5.66. The van der Waals surface area contributed by atoms with Crippen LogP contribution in [0.4, 0.5) is 24.7 Å². The molecule has 1 amide bonds. The molecule has 0 bridgehead atoms. The molecule has 0 aliphatic carbocycles. The van der Waals surface area contributed by atoms with Crippen LogP contribution in [-0.4, -0.2) is 29.3 Å². The zero-order valence-electron chi connectivity index (χ0n) is 13.7. The number of aromatic amines is 1. The summed E-state index contributed by atoms with van der Waals surface area (Å²) in [6, 6.07) is 4.18. The van der Waals surface area contributed by atoms with E-state index in [-0.39, 0.29) is 29.5 Å².